The number of hydrogen-bond acceptors (Lipinski definition) is 6. The first-order chi connectivity index (χ1) is 9.47. The van der Waals surface area contributed by atoms with Crippen LogP contribution in [-0.4, -0.2) is 31.5 Å². The molecule has 0 aliphatic carbocycles. The average molecular weight is 333 g/mol. The van der Waals surface area contributed by atoms with Gasteiger partial charge in [-0.2, -0.15) is 0 Å². The highest BCUT2D eigenvalue weighted by molar-refractivity contribution is 7.91. The molecule has 2 N–H and O–H groups in total. The van der Waals surface area contributed by atoms with Gasteiger partial charge in [0.1, 0.15) is 15.2 Å². The van der Waals surface area contributed by atoms with Crippen LogP contribution in [0.1, 0.15) is 4.88 Å². The number of sulfonamides is 1. The molecule has 0 bridgehead atoms. The van der Waals surface area contributed by atoms with Crippen molar-refractivity contribution in [2.45, 2.75) is 11.1 Å². The molecular weight excluding hydrogens is 320 g/mol. The molecule has 0 aromatic carbocycles. The Hall–Kier alpha value is -1.22. The van der Waals surface area contributed by atoms with Gasteiger partial charge >= 0.3 is 0 Å². The van der Waals surface area contributed by atoms with E-state index in [4.69, 9.17) is 11.6 Å². The van der Waals surface area contributed by atoms with Crippen molar-refractivity contribution < 1.29 is 8.42 Å². The Balaban J connectivity index is 1.84. The summed E-state index contributed by atoms with van der Waals surface area (Å²) in [6.45, 7) is 2.50. The van der Waals surface area contributed by atoms with Crippen LogP contribution in [0.15, 0.2) is 28.7 Å². The number of aryl methyl sites for hydroxylation is 1. The zero-order valence-corrected chi connectivity index (χ0v) is 13.0. The molecule has 9 heteroatoms. The minimum atomic E-state index is -3.44. The highest BCUT2D eigenvalue weighted by Gasteiger charge is 2.14. The maximum absolute atomic E-state index is 11.9. The fourth-order valence-electron chi connectivity index (χ4n) is 1.43. The van der Waals surface area contributed by atoms with Crippen LogP contribution in [0.2, 0.25) is 5.15 Å². The van der Waals surface area contributed by atoms with E-state index in [2.05, 4.69) is 20.0 Å². The van der Waals surface area contributed by atoms with Gasteiger partial charge in [0.2, 0.25) is 10.0 Å². The van der Waals surface area contributed by atoms with Crippen molar-refractivity contribution in [1.82, 2.24) is 14.7 Å². The molecule has 108 valence electrons. The van der Waals surface area contributed by atoms with Gasteiger partial charge < -0.3 is 5.32 Å². The molecule has 0 saturated heterocycles. The number of nitrogens with one attached hydrogen (secondary N) is 2. The molecule has 0 aliphatic rings. The second-order valence-electron chi connectivity index (χ2n) is 3.92. The van der Waals surface area contributed by atoms with Gasteiger partial charge in [0.15, 0.2) is 0 Å². The van der Waals surface area contributed by atoms with Crippen LogP contribution >= 0.6 is 22.9 Å². The van der Waals surface area contributed by atoms with Gasteiger partial charge in [0, 0.05) is 18.0 Å². The van der Waals surface area contributed by atoms with Crippen LogP contribution in [0, 0.1) is 6.92 Å². The number of nitrogens with zero attached hydrogens (tertiary/aromatic N) is 2. The Kier molecular flexibility index (Phi) is 4.92. The van der Waals surface area contributed by atoms with E-state index in [1.54, 1.807) is 12.1 Å². The second-order valence-corrected chi connectivity index (χ2v) is 7.59. The number of rotatable bonds is 6. The highest BCUT2D eigenvalue weighted by atomic mass is 35.5. The third-order valence-corrected chi connectivity index (χ3v) is 5.44. The van der Waals surface area contributed by atoms with Crippen molar-refractivity contribution in [1.29, 1.82) is 0 Å². The first-order valence-electron chi connectivity index (χ1n) is 5.75. The molecule has 0 radical (unpaired) electrons. The van der Waals surface area contributed by atoms with Crippen LogP contribution in [0.5, 0.6) is 0 Å². The Morgan fingerprint density at radius 1 is 1.30 bits per heavy atom. The molecule has 2 aromatic rings. The van der Waals surface area contributed by atoms with Crippen molar-refractivity contribution in [2.24, 2.45) is 0 Å². The Morgan fingerprint density at radius 3 is 2.75 bits per heavy atom. The summed E-state index contributed by atoms with van der Waals surface area (Å²) in [5.41, 5.74) is 0. The Bertz CT molecular complexity index is 687. The molecular formula is C11H13ClN4O2S2. The van der Waals surface area contributed by atoms with E-state index in [1.165, 1.54) is 23.7 Å². The number of halogens is 1. The molecule has 0 atom stereocenters. The van der Waals surface area contributed by atoms with Crippen LogP contribution in [-0.2, 0) is 10.0 Å². The average Bonchev–Trinajstić information content (AvgIpc) is 2.82. The normalized spacial score (nSPS) is 11.5. The summed E-state index contributed by atoms with van der Waals surface area (Å²) >= 11 is 6.93. The standard InChI is InChI=1S/C11H13ClN4O2S2/c1-8-2-3-11(19-8)20(17,18)15-5-4-14-10-7-13-6-9(12)16-10/h2-3,6-7,15H,4-5H2,1H3,(H,14,16). The van der Waals surface area contributed by atoms with E-state index < -0.39 is 10.0 Å². The van der Waals surface area contributed by atoms with Gasteiger partial charge in [-0.05, 0) is 19.1 Å². The van der Waals surface area contributed by atoms with Crippen molar-refractivity contribution in [3.8, 4) is 0 Å². The first-order valence-corrected chi connectivity index (χ1v) is 8.43. The molecule has 20 heavy (non-hydrogen) atoms. The number of aromatic nitrogens is 2. The molecule has 2 rings (SSSR count). The number of thiophene rings is 1. The molecule has 0 saturated carbocycles. The minimum absolute atomic E-state index is 0.244. The number of hydrogen-bond donors (Lipinski definition) is 2. The molecule has 0 unspecified atom stereocenters. The third kappa shape index (κ3) is 4.14. The van der Waals surface area contributed by atoms with E-state index in [0.29, 0.717) is 16.6 Å². The molecule has 0 aliphatic heterocycles. The third-order valence-electron chi connectivity index (χ3n) is 2.31. The molecule has 0 fully saturated rings. The molecule has 2 heterocycles. The van der Waals surface area contributed by atoms with Gasteiger partial charge in [0.05, 0.1) is 12.4 Å². The summed E-state index contributed by atoms with van der Waals surface area (Å²) in [5, 5.41) is 3.22. The predicted octanol–water partition coefficient (Wildman–Crippen LogP) is 1.89. The van der Waals surface area contributed by atoms with Crippen LogP contribution in [0.25, 0.3) is 0 Å². The topological polar surface area (TPSA) is 84.0 Å². The Labute approximate surface area is 126 Å². The van der Waals surface area contributed by atoms with Crippen molar-refractivity contribution in [3.05, 3.63) is 34.6 Å². The van der Waals surface area contributed by atoms with E-state index in [1.807, 2.05) is 6.92 Å². The summed E-state index contributed by atoms with van der Waals surface area (Å²) in [5.74, 6) is 0.503. The lowest BCUT2D eigenvalue weighted by atomic mass is 10.5. The number of anilines is 1. The molecule has 0 spiro atoms. The van der Waals surface area contributed by atoms with Gasteiger partial charge in [-0.25, -0.2) is 18.1 Å². The lowest BCUT2D eigenvalue weighted by Crippen LogP contribution is -2.28. The minimum Gasteiger partial charge on any atom is -0.367 e. The van der Waals surface area contributed by atoms with Crippen LogP contribution in [0.4, 0.5) is 5.82 Å². The Morgan fingerprint density at radius 2 is 2.10 bits per heavy atom. The highest BCUT2D eigenvalue weighted by Crippen LogP contribution is 2.19. The van der Waals surface area contributed by atoms with Gasteiger partial charge in [0.25, 0.3) is 0 Å². The summed E-state index contributed by atoms with van der Waals surface area (Å²) in [7, 11) is -3.44. The maximum atomic E-state index is 11.9. The van der Waals surface area contributed by atoms with Crippen molar-refractivity contribution >= 4 is 38.8 Å². The van der Waals surface area contributed by atoms with Gasteiger partial charge in [-0.3, -0.25) is 4.98 Å². The predicted molar refractivity (Wildman–Crippen MR) is 79.8 cm³/mol. The lowest BCUT2D eigenvalue weighted by Gasteiger charge is -2.06. The summed E-state index contributed by atoms with van der Waals surface area (Å²) in [6.07, 6.45) is 2.94. The van der Waals surface area contributed by atoms with Crippen LogP contribution < -0.4 is 10.0 Å². The molecule has 0 amide bonds. The van der Waals surface area contributed by atoms with Crippen molar-refractivity contribution in [2.75, 3.05) is 18.4 Å². The quantitative estimate of drug-likeness (QED) is 0.789. The fourth-order valence-corrected chi connectivity index (χ4v) is 3.94. The van der Waals surface area contributed by atoms with E-state index in [9.17, 15) is 8.42 Å². The SMILES string of the molecule is Cc1ccc(S(=O)(=O)NCCNc2cncc(Cl)n2)s1. The fraction of sp³-hybridized carbons (Fsp3) is 0.273. The molecule has 2 aromatic heterocycles. The lowest BCUT2D eigenvalue weighted by molar-refractivity contribution is 0.585. The van der Waals surface area contributed by atoms with E-state index in [0.717, 1.165) is 4.88 Å². The zero-order valence-electron chi connectivity index (χ0n) is 10.6. The summed E-state index contributed by atoms with van der Waals surface area (Å²) < 4.78 is 26.7. The maximum Gasteiger partial charge on any atom is 0.250 e. The van der Waals surface area contributed by atoms with E-state index in [-0.39, 0.29) is 11.7 Å². The van der Waals surface area contributed by atoms with E-state index >= 15 is 0 Å². The largest absolute Gasteiger partial charge is 0.367 e. The smallest absolute Gasteiger partial charge is 0.250 e. The second kappa shape index (κ2) is 6.49. The molecule has 6 nitrogen and oxygen atoms in total. The zero-order chi connectivity index (χ0) is 14.6. The first kappa shape index (κ1) is 15.2. The van der Waals surface area contributed by atoms with Gasteiger partial charge in [-0.15, -0.1) is 11.3 Å². The van der Waals surface area contributed by atoms with Gasteiger partial charge in [-0.1, -0.05) is 11.6 Å². The van der Waals surface area contributed by atoms with Crippen molar-refractivity contribution in [3.63, 3.8) is 0 Å². The monoisotopic (exact) mass is 332 g/mol. The summed E-state index contributed by atoms with van der Waals surface area (Å²) in [4.78, 5) is 8.81. The van der Waals surface area contributed by atoms with Crippen LogP contribution in [0.3, 0.4) is 0 Å². The summed E-state index contributed by atoms with van der Waals surface area (Å²) in [6, 6.07) is 3.37.